The summed E-state index contributed by atoms with van der Waals surface area (Å²) in [5, 5.41) is 2.83. The SMILES string of the molecule is CC(=O)N(CC(=O)Nc1cccc(C)c1)c1ccccc1Oc1ccccc1. The fourth-order valence-electron chi connectivity index (χ4n) is 2.82. The third-order valence-electron chi connectivity index (χ3n) is 4.11. The summed E-state index contributed by atoms with van der Waals surface area (Å²) < 4.78 is 5.93. The summed E-state index contributed by atoms with van der Waals surface area (Å²) in [7, 11) is 0. The highest BCUT2D eigenvalue weighted by Gasteiger charge is 2.20. The second-order valence-electron chi connectivity index (χ2n) is 6.41. The van der Waals surface area contributed by atoms with Crippen molar-refractivity contribution in [3.63, 3.8) is 0 Å². The average molecular weight is 374 g/mol. The average Bonchev–Trinajstić information content (AvgIpc) is 2.67. The molecule has 0 spiro atoms. The van der Waals surface area contributed by atoms with Gasteiger partial charge in [0.2, 0.25) is 11.8 Å². The van der Waals surface area contributed by atoms with Gasteiger partial charge in [-0.1, -0.05) is 42.5 Å². The number of benzene rings is 3. The molecule has 0 heterocycles. The molecular formula is C23H22N2O3. The molecular weight excluding hydrogens is 352 g/mol. The monoisotopic (exact) mass is 374 g/mol. The summed E-state index contributed by atoms with van der Waals surface area (Å²) in [5.74, 6) is 0.633. The number of hydrogen-bond acceptors (Lipinski definition) is 3. The zero-order valence-corrected chi connectivity index (χ0v) is 15.9. The summed E-state index contributed by atoms with van der Waals surface area (Å²) in [4.78, 5) is 26.2. The molecule has 5 heteroatoms. The van der Waals surface area contributed by atoms with Crippen molar-refractivity contribution in [2.24, 2.45) is 0 Å². The predicted molar refractivity (Wildman–Crippen MR) is 111 cm³/mol. The van der Waals surface area contributed by atoms with Crippen molar-refractivity contribution in [1.29, 1.82) is 0 Å². The van der Waals surface area contributed by atoms with Crippen LogP contribution in [0.25, 0.3) is 0 Å². The highest BCUT2D eigenvalue weighted by Crippen LogP contribution is 2.32. The Balaban J connectivity index is 1.80. The van der Waals surface area contributed by atoms with Gasteiger partial charge in [0.25, 0.3) is 0 Å². The van der Waals surface area contributed by atoms with Gasteiger partial charge < -0.3 is 10.1 Å². The highest BCUT2D eigenvalue weighted by molar-refractivity contribution is 6.02. The van der Waals surface area contributed by atoms with E-state index in [1.165, 1.54) is 11.8 Å². The van der Waals surface area contributed by atoms with Gasteiger partial charge in [0.1, 0.15) is 12.3 Å². The molecule has 0 aromatic heterocycles. The Kier molecular flexibility index (Phi) is 6.07. The van der Waals surface area contributed by atoms with Gasteiger partial charge in [-0.2, -0.15) is 0 Å². The molecule has 0 saturated heterocycles. The maximum atomic E-state index is 12.5. The molecule has 0 fully saturated rings. The van der Waals surface area contributed by atoms with E-state index >= 15 is 0 Å². The first kappa shape index (κ1) is 19.2. The van der Waals surface area contributed by atoms with Crippen LogP contribution in [0.2, 0.25) is 0 Å². The van der Waals surface area contributed by atoms with Crippen LogP contribution >= 0.6 is 0 Å². The molecule has 0 bridgehead atoms. The van der Waals surface area contributed by atoms with Gasteiger partial charge in [-0.3, -0.25) is 14.5 Å². The molecule has 3 aromatic rings. The summed E-state index contributed by atoms with van der Waals surface area (Å²) >= 11 is 0. The maximum absolute atomic E-state index is 12.5. The van der Waals surface area contributed by atoms with Gasteiger partial charge in [-0.25, -0.2) is 0 Å². The van der Waals surface area contributed by atoms with E-state index in [9.17, 15) is 9.59 Å². The van der Waals surface area contributed by atoms with Gasteiger partial charge in [-0.15, -0.1) is 0 Å². The molecule has 28 heavy (non-hydrogen) atoms. The minimum Gasteiger partial charge on any atom is -0.455 e. The lowest BCUT2D eigenvalue weighted by Crippen LogP contribution is -2.36. The maximum Gasteiger partial charge on any atom is 0.244 e. The highest BCUT2D eigenvalue weighted by atomic mass is 16.5. The van der Waals surface area contributed by atoms with Crippen molar-refractivity contribution < 1.29 is 14.3 Å². The van der Waals surface area contributed by atoms with E-state index in [4.69, 9.17) is 4.74 Å². The zero-order valence-electron chi connectivity index (χ0n) is 15.9. The second-order valence-corrected chi connectivity index (χ2v) is 6.41. The van der Waals surface area contributed by atoms with Gasteiger partial charge in [0.15, 0.2) is 5.75 Å². The van der Waals surface area contributed by atoms with Crippen LogP contribution in [0.5, 0.6) is 11.5 Å². The Labute approximate surface area is 164 Å². The fraction of sp³-hybridized carbons (Fsp3) is 0.130. The third kappa shape index (κ3) is 4.98. The summed E-state index contributed by atoms with van der Waals surface area (Å²) in [5.41, 5.74) is 2.28. The van der Waals surface area contributed by atoms with Gasteiger partial charge in [0.05, 0.1) is 5.69 Å². The van der Waals surface area contributed by atoms with E-state index in [0.717, 1.165) is 5.56 Å². The van der Waals surface area contributed by atoms with E-state index in [1.807, 2.05) is 73.7 Å². The lowest BCUT2D eigenvalue weighted by Gasteiger charge is -2.23. The first-order valence-corrected chi connectivity index (χ1v) is 8.99. The fourth-order valence-corrected chi connectivity index (χ4v) is 2.82. The number of para-hydroxylation sites is 3. The van der Waals surface area contributed by atoms with Gasteiger partial charge in [0, 0.05) is 12.6 Å². The Morgan fingerprint density at radius 1 is 0.929 bits per heavy atom. The van der Waals surface area contributed by atoms with Crippen LogP contribution in [-0.4, -0.2) is 18.4 Å². The first-order valence-electron chi connectivity index (χ1n) is 8.99. The van der Waals surface area contributed by atoms with Crippen LogP contribution < -0.4 is 15.0 Å². The van der Waals surface area contributed by atoms with Crippen molar-refractivity contribution in [2.45, 2.75) is 13.8 Å². The van der Waals surface area contributed by atoms with E-state index in [1.54, 1.807) is 12.1 Å². The number of nitrogens with one attached hydrogen (secondary N) is 1. The second kappa shape index (κ2) is 8.86. The van der Waals surface area contributed by atoms with Crippen molar-refractivity contribution >= 4 is 23.2 Å². The minimum absolute atomic E-state index is 0.113. The Morgan fingerprint density at radius 3 is 2.36 bits per heavy atom. The lowest BCUT2D eigenvalue weighted by molar-refractivity contribution is -0.120. The predicted octanol–water partition coefficient (Wildman–Crippen LogP) is 4.78. The number of anilines is 2. The largest absolute Gasteiger partial charge is 0.455 e. The smallest absolute Gasteiger partial charge is 0.244 e. The number of carbonyl (C=O) groups is 2. The molecule has 0 saturated carbocycles. The quantitative estimate of drug-likeness (QED) is 0.675. The molecule has 5 nitrogen and oxygen atoms in total. The molecule has 0 radical (unpaired) electrons. The number of carbonyl (C=O) groups excluding carboxylic acids is 2. The molecule has 0 atom stereocenters. The number of hydrogen-bond donors (Lipinski definition) is 1. The van der Waals surface area contributed by atoms with E-state index < -0.39 is 0 Å². The Morgan fingerprint density at radius 2 is 1.64 bits per heavy atom. The third-order valence-corrected chi connectivity index (χ3v) is 4.11. The zero-order chi connectivity index (χ0) is 19.9. The number of ether oxygens (including phenoxy) is 1. The topological polar surface area (TPSA) is 58.6 Å². The van der Waals surface area contributed by atoms with Crippen molar-refractivity contribution in [3.8, 4) is 11.5 Å². The number of nitrogens with zero attached hydrogens (tertiary/aromatic N) is 1. The lowest BCUT2D eigenvalue weighted by atomic mass is 10.2. The van der Waals surface area contributed by atoms with Gasteiger partial charge >= 0.3 is 0 Å². The molecule has 2 amide bonds. The van der Waals surface area contributed by atoms with Crippen molar-refractivity contribution in [2.75, 3.05) is 16.8 Å². The normalized spacial score (nSPS) is 10.2. The van der Waals surface area contributed by atoms with Crippen LogP contribution in [-0.2, 0) is 9.59 Å². The Hall–Kier alpha value is -3.60. The minimum atomic E-state index is -0.282. The first-order chi connectivity index (χ1) is 13.5. The van der Waals surface area contributed by atoms with Crippen LogP contribution in [0.1, 0.15) is 12.5 Å². The standard InChI is InChI=1S/C23H22N2O3/c1-17-9-8-10-19(15-17)24-23(27)16-25(18(2)26)21-13-6-7-14-22(21)28-20-11-4-3-5-12-20/h3-15H,16H2,1-2H3,(H,24,27). The Bertz CT molecular complexity index is 970. The molecule has 1 N–H and O–H groups in total. The summed E-state index contributed by atoms with van der Waals surface area (Å²) in [6.07, 6.45) is 0. The van der Waals surface area contributed by atoms with Crippen molar-refractivity contribution in [1.82, 2.24) is 0 Å². The molecule has 0 aliphatic rings. The van der Waals surface area contributed by atoms with E-state index in [2.05, 4.69) is 5.32 Å². The molecule has 3 aromatic carbocycles. The summed E-state index contributed by atoms with van der Waals surface area (Å²) in [6, 6.07) is 24.0. The molecule has 3 rings (SSSR count). The van der Waals surface area contributed by atoms with Crippen LogP contribution in [0.15, 0.2) is 78.9 Å². The molecule has 0 unspecified atom stereocenters. The van der Waals surface area contributed by atoms with Crippen LogP contribution in [0.3, 0.4) is 0 Å². The molecule has 0 aliphatic carbocycles. The van der Waals surface area contributed by atoms with Crippen LogP contribution in [0.4, 0.5) is 11.4 Å². The number of rotatable bonds is 6. The molecule has 142 valence electrons. The number of aryl methyl sites for hydroxylation is 1. The molecule has 0 aliphatic heterocycles. The van der Waals surface area contributed by atoms with Crippen molar-refractivity contribution in [3.05, 3.63) is 84.4 Å². The number of amides is 2. The van der Waals surface area contributed by atoms with E-state index in [0.29, 0.717) is 22.9 Å². The van der Waals surface area contributed by atoms with E-state index in [-0.39, 0.29) is 18.4 Å². The van der Waals surface area contributed by atoms with Gasteiger partial charge in [-0.05, 0) is 48.9 Å². The van der Waals surface area contributed by atoms with Crippen LogP contribution in [0, 0.1) is 6.92 Å². The summed E-state index contributed by atoms with van der Waals surface area (Å²) in [6.45, 7) is 3.27.